The van der Waals surface area contributed by atoms with Crippen molar-refractivity contribution in [1.82, 2.24) is 4.90 Å². The fraction of sp³-hybridized carbons (Fsp3) is 0.500. The smallest absolute Gasteiger partial charge is 0.337 e. The molecule has 1 amide bonds. The first-order chi connectivity index (χ1) is 13.0. The molecule has 1 fully saturated rings. The van der Waals surface area contributed by atoms with E-state index in [0.717, 1.165) is 31.2 Å². The van der Waals surface area contributed by atoms with E-state index in [-0.39, 0.29) is 23.7 Å². The quantitative estimate of drug-likeness (QED) is 0.357. The lowest BCUT2D eigenvalue weighted by molar-refractivity contribution is -0.128. The van der Waals surface area contributed by atoms with Gasteiger partial charge in [-0.25, -0.2) is 4.79 Å². The Morgan fingerprint density at radius 3 is 2.63 bits per heavy atom. The first-order valence-corrected chi connectivity index (χ1v) is 9.73. The molecule has 1 aromatic rings. The summed E-state index contributed by atoms with van der Waals surface area (Å²) in [4.78, 5) is 37.4. The highest BCUT2D eigenvalue weighted by Gasteiger charge is 2.28. The standard InChI is InChI=1S/C22H29NO4/c1-3-4-5-6-20(24)13-11-19-12-14-21(25)23(19)16-15-17-7-9-18(10-8-17)22(26)27-2/h7-11,13,19H,3-6,12,14-16H2,1-2H3. The van der Waals surface area contributed by atoms with Crippen LogP contribution in [0, 0.1) is 0 Å². The van der Waals surface area contributed by atoms with Crippen LogP contribution in [-0.4, -0.2) is 42.3 Å². The summed E-state index contributed by atoms with van der Waals surface area (Å²) in [6.07, 6.45) is 9.22. The van der Waals surface area contributed by atoms with Crippen LogP contribution in [0.25, 0.3) is 0 Å². The maximum absolute atomic E-state index is 12.2. The SMILES string of the molecule is CCCCCC(=O)C=CC1CCC(=O)N1CCc1ccc(C(=O)OC)cc1. The molecule has 0 bridgehead atoms. The summed E-state index contributed by atoms with van der Waals surface area (Å²) in [6, 6.07) is 7.24. The van der Waals surface area contributed by atoms with Crippen LogP contribution < -0.4 is 0 Å². The summed E-state index contributed by atoms with van der Waals surface area (Å²) in [7, 11) is 1.36. The molecule has 5 nitrogen and oxygen atoms in total. The molecule has 1 unspecified atom stereocenters. The van der Waals surface area contributed by atoms with E-state index >= 15 is 0 Å². The van der Waals surface area contributed by atoms with Gasteiger partial charge >= 0.3 is 5.97 Å². The van der Waals surface area contributed by atoms with E-state index in [9.17, 15) is 14.4 Å². The fourth-order valence-corrected chi connectivity index (χ4v) is 3.27. The number of ketones is 1. The second-order valence-electron chi connectivity index (χ2n) is 6.91. The van der Waals surface area contributed by atoms with Crippen molar-refractivity contribution in [3.05, 3.63) is 47.5 Å². The number of hydrogen-bond donors (Lipinski definition) is 0. The Balaban J connectivity index is 1.88. The van der Waals surface area contributed by atoms with Crippen molar-refractivity contribution >= 4 is 17.7 Å². The summed E-state index contributed by atoms with van der Waals surface area (Å²) >= 11 is 0. The number of esters is 1. The number of likely N-dealkylation sites (tertiary alicyclic amines) is 1. The van der Waals surface area contributed by atoms with Crippen LogP contribution in [0.5, 0.6) is 0 Å². The van der Waals surface area contributed by atoms with Gasteiger partial charge in [0.25, 0.3) is 0 Å². The molecule has 1 atom stereocenters. The maximum atomic E-state index is 12.2. The van der Waals surface area contributed by atoms with Gasteiger partial charge in [-0.05, 0) is 43.0 Å². The number of benzene rings is 1. The van der Waals surface area contributed by atoms with Gasteiger partial charge in [0.2, 0.25) is 5.91 Å². The molecule has 5 heteroatoms. The lowest BCUT2D eigenvalue weighted by atomic mass is 10.1. The second-order valence-corrected chi connectivity index (χ2v) is 6.91. The molecule has 146 valence electrons. The maximum Gasteiger partial charge on any atom is 0.337 e. The van der Waals surface area contributed by atoms with Gasteiger partial charge < -0.3 is 9.64 Å². The Hall–Kier alpha value is -2.43. The molecule has 0 N–H and O–H groups in total. The van der Waals surface area contributed by atoms with E-state index in [1.165, 1.54) is 7.11 Å². The molecular formula is C22H29NO4. The number of methoxy groups -OCH3 is 1. The van der Waals surface area contributed by atoms with E-state index in [1.54, 1.807) is 18.2 Å². The number of nitrogens with zero attached hydrogens (tertiary/aromatic N) is 1. The van der Waals surface area contributed by atoms with Crippen molar-refractivity contribution < 1.29 is 19.1 Å². The molecule has 0 aromatic heterocycles. The van der Waals surface area contributed by atoms with Crippen molar-refractivity contribution in [2.24, 2.45) is 0 Å². The van der Waals surface area contributed by atoms with E-state index < -0.39 is 0 Å². The van der Waals surface area contributed by atoms with E-state index in [2.05, 4.69) is 6.92 Å². The normalized spacial score (nSPS) is 16.9. The van der Waals surface area contributed by atoms with Gasteiger partial charge in [0.1, 0.15) is 0 Å². The van der Waals surface area contributed by atoms with Gasteiger partial charge in [0.05, 0.1) is 18.7 Å². The molecule has 0 saturated carbocycles. The predicted octanol–water partition coefficient (Wildman–Crippen LogP) is 3.71. The topological polar surface area (TPSA) is 63.7 Å². The zero-order valence-electron chi connectivity index (χ0n) is 16.3. The van der Waals surface area contributed by atoms with Gasteiger partial charge in [-0.15, -0.1) is 0 Å². The molecule has 1 aromatic carbocycles. The molecule has 2 rings (SSSR count). The highest BCUT2D eigenvalue weighted by molar-refractivity contribution is 5.90. The summed E-state index contributed by atoms with van der Waals surface area (Å²) in [5.74, 6) is -0.0829. The minimum Gasteiger partial charge on any atom is -0.465 e. The van der Waals surface area contributed by atoms with Gasteiger partial charge in [-0.3, -0.25) is 9.59 Å². The molecule has 0 spiro atoms. The van der Waals surface area contributed by atoms with Crippen LogP contribution in [-0.2, 0) is 20.7 Å². The lowest BCUT2D eigenvalue weighted by Crippen LogP contribution is -2.33. The first-order valence-electron chi connectivity index (χ1n) is 9.73. The molecule has 1 saturated heterocycles. The average Bonchev–Trinajstić information content (AvgIpc) is 3.04. The molecule has 27 heavy (non-hydrogen) atoms. The third-order valence-electron chi connectivity index (χ3n) is 4.92. The molecule has 1 heterocycles. The molecule has 0 radical (unpaired) electrons. The van der Waals surface area contributed by atoms with Gasteiger partial charge in [0.15, 0.2) is 5.78 Å². The van der Waals surface area contributed by atoms with Crippen molar-refractivity contribution in [2.45, 2.75) is 57.9 Å². The first kappa shape index (κ1) is 20.9. The number of amides is 1. The summed E-state index contributed by atoms with van der Waals surface area (Å²) in [5, 5.41) is 0. The van der Waals surface area contributed by atoms with Crippen molar-refractivity contribution in [1.29, 1.82) is 0 Å². The Kier molecular flexibility index (Phi) is 8.24. The van der Waals surface area contributed by atoms with Gasteiger partial charge in [0, 0.05) is 19.4 Å². The number of carbonyl (C=O) groups is 3. The fourth-order valence-electron chi connectivity index (χ4n) is 3.27. The van der Waals surface area contributed by atoms with Crippen LogP contribution >= 0.6 is 0 Å². The number of unbranched alkanes of at least 4 members (excludes halogenated alkanes) is 2. The number of rotatable bonds is 10. The number of hydrogen-bond acceptors (Lipinski definition) is 4. The lowest BCUT2D eigenvalue weighted by Gasteiger charge is -2.22. The Morgan fingerprint density at radius 2 is 1.96 bits per heavy atom. The highest BCUT2D eigenvalue weighted by Crippen LogP contribution is 2.21. The predicted molar refractivity (Wildman–Crippen MR) is 105 cm³/mol. The summed E-state index contributed by atoms with van der Waals surface area (Å²) in [5.41, 5.74) is 1.57. The third kappa shape index (κ3) is 6.35. The molecular weight excluding hydrogens is 342 g/mol. The Labute approximate surface area is 161 Å². The highest BCUT2D eigenvalue weighted by atomic mass is 16.5. The van der Waals surface area contributed by atoms with Crippen LogP contribution in [0.3, 0.4) is 0 Å². The molecule has 1 aliphatic rings. The third-order valence-corrected chi connectivity index (χ3v) is 4.92. The number of carbonyl (C=O) groups excluding carboxylic acids is 3. The van der Waals surface area contributed by atoms with Crippen LogP contribution in [0.2, 0.25) is 0 Å². The molecule has 1 aliphatic heterocycles. The monoisotopic (exact) mass is 371 g/mol. The second kappa shape index (κ2) is 10.7. The van der Waals surface area contributed by atoms with E-state index in [4.69, 9.17) is 4.74 Å². The zero-order chi connectivity index (χ0) is 19.6. The van der Waals surface area contributed by atoms with Crippen LogP contribution in [0.4, 0.5) is 0 Å². The minimum atomic E-state index is -0.356. The summed E-state index contributed by atoms with van der Waals surface area (Å²) < 4.78 is 4.70. The average molecular weight is 371 g/mol. The summed E-state index contributed by atoms with van der Waals surface area (Å²) in [6.45, 7) is 2.72. The van der Waals surface area contributed by atoms with Crippen molar-refractivity contribution in [2.75, 3.05) is 13.7 Å². The zero-order valence-corrected chi connectivity index (χ0v) is 16.3. The number of allylic oxidation sites excluding steroid dienone is 1. The largest absolute Gasteiger partial charge is 0.465 e. The van der Waals surface area contributed by atoms with Crippen molar-refractivity contribution in [3.8, 4) is 0 Å². The van der Waals surface area contributed by atoms with Crippen LogP contribution in [0.15, 0.2) is 36.4 Å². The Bertz CT molecular complexity index is 678. The Morgan fingerprint density at radius 1 is 1.22 bits per heavy atom. The van der Waals surface area contributed by atoms with E-state index in [1.807, 2.05) is 23.1 Å². The van der Waals surface area contributed by atoms with Crippen LogP contribution in [0.1, 0.15) is 61.4 Å². The molecule has 0 aliphatic carbocycles. The van der Waals surface area contributed by atoms with E-state index in [0.29, 0.717) is 31.4 Å². The minimum absolute atomic E-state index is 0.00182. The van der Waals surface area contributed by atoms with Crippen molar-refractivity contribution in [3.63, 3.8) is 0 Å². The van der Waals surface area contributed by atoms with Gasteiger partial charge in [-0.1, -0.05) is 38.0 Å². The number of ether oxygens (including phenoxy) is 1. The van der Waals surface area contributed by atoms with Gasteiger partial charge in [-0.2, -0.15) is 0 Å².